The zero-order valence-corrected chi connectivity index (χ0v) is 12.9. The van der Waals surface area contributed by atoms with Crippen molar-refractivity contribution in [3.8, 4) is 11.8 Å². The number of carbonyl (C=O) groups excluding carboxylic acids is 2. The zero-order valence-electron chi connectivity index (χ0n) is 12.9. The van der Waals surface area contributed by atoms with Crippen molar-refractivity contribution < 1.29 is 9.59 Å². The van der Waals surface area contributed by atoms with Gasteiger partial charge < -0.3 is 14.8 Å². The van der Waals surface area contributed by atoms with E-state index in [1.807, 2.05) is 17.8 Å². The monoisotopic (exact) mass is 300 g/mol. The minimum atomic E-state index is -0.265. The Kier molecular flexibility index (Phi) is 3.88. The summed E-state index contributed by atoms with van der Waals surface area (Å²) in [7, 11) is 3.65. The number of amides is 2. The molecule has 2 amide bonds. The summed E-state index contributed by atoms with van der Waals surface area (Å²) < 4.78 is 1.88. The average Bonchev–Trinajstić information content (AvgIpc) is 3.23. The second-order valence-corrected chi connectivity index (χ2v) is 6.01. The van der Waals surface area contributed by atoms with Crippen LogP contribution in [-0.2, 0) is 16.6 Å². The van der Waals surface area contributed by atoms with Crippen LogP contribution in [0.4, 0.5) is 0 Å². The van der Waals surface area contributed by atoms with Crippen LogP contribution in [0, 0.1) is 17.8 Å². The van der Waals surface area contributed by atoms with Crippen LogP contribution in [0.25, 0.3) is 0 Å². The first kappa shape index (κ1) is 14.6. The van der Waals surface area contributed by atoms with E-state index in [1.54, 1.807) is 18.1 Å². The van der Waals surface area contributed by atoms with Crippen molar-refractivity contribution in [3.63, 3.8) is 0 Å². The number of nitrogens with zero attached hydrogens (tertiary/aromatic N) is 3. The van der Waals surface area contributed by atoms with Gasteiger partial charge in [-0.15, -0.1) is 0 Å². The van der Waals surface area contributed by atoms with Crippen molar-refractivity contribution in [1.29, 1.82) is 0 Å². The molecular formula is C16H20N4O2. The molecule has 1 aromatic rings. The first-order chi connectivity index (χ1) is 10.6. The molecular weight excluding hydrogens is 280 g/mol. The Bertz CT molecular complexity index is 651. The molecule has 6 heteroatoms. The van der Waals surface area contributed by atoms with Crippen molar-refractivity contribution in [2.75, 3.05) is 7.05 Å². The molecule has 1 N–H and O–H groups in total. The number of rotatable bonds is 2. The highest BCUT2D eigenvalue weighted by Gasteiger charge is 2.37. The van der Waals surface area contributed by atoms with Crippen LogP contribution in [0.3, 0.4) is 0 Å². The zero-order chi connectivity index (χ0) is 15.7. The summed E-state index contributed by atoms with van der Waals surface area (Å²) in [6.07, 6.45) is 6.77. The van der Waals surface area contributed by atoms with E-state index in [0.29, 0.717) is 18.8 Å². The smallest absolute Gasteiger partial charge is 0.296 e. The third-order valence-electron chi connectivity index (χ3n) is 4.27. The predicted molar refractivity (Wildman–Crippen MR) is 80.4 cm³/mol. The molecule has 2 heterocycles. The van der Waals surface area contributed by atoms with E-state index in [2.05, 4.69) is 22.1 Å². The molecule has 2 aliphatic rings. The molecule has 1 aliphatic heterocycles. The first-order valence-corrected chi connectivity index (χ1v) is 7.61. The molecule has 1 aromatic heterocycles. The molecule has 6 nitrogen and oxygen atoms in total. The Morgan fingerprint density at radius 1 is 1.36 bits per heavy atom. The molecule has 1 saturated heterocycles. The standard InChI is InChI=1S/C16H20N4O2/c1-19-10-9-17-16(19)15-12(6-8-14(22)20(15)2)18-13(21)7-5-11-3-4-11/h9-12,15H,3-4,6,8H2,1-2H3,(H,18,21)/t12-,15-/m1/s1. The Balaban J connectivity index is 1.78. The fourth-order valence-corrected chi connectivity index (χ4v) is 2.80. The van der Waals surface area contributed by atoms with Gasteiger partial charge in [0.05, 0.1) is 6.04 Å². The van der Waals surface area contributed by atoms with Gasteiger partial charge in [0.1, 0.15) is 11.9 Å². The topological polar surface area (TPSA) is 67.2 Å². The number of nitrogens with one attached hydrogen (secondary N) is 1. The lowest BCUT2D eigenvalue weighted by Gasteiger charge is -2.38. The number of carbonyl (C=O) groups is 2. The number of likely N-dealkylation sites (tertiary alicyclic amines) is 1. The normalized spacial score (nSPS) is 24.6. The third-order valence-corrected chi connectivity index (χ3v) is 4.27. The molecule has 1 saturated carbocycles. The molecule has 1 aliphatic carbocycles. The van der Waals surface area contributed by atoms with Gasteiger partial charge >= 0.3 is 0 Å². The van der Waals surface area contributed by atoms with Gasteiger partial charge in [-0.25, -0.2) is 4.98 Å². The molecule has 116 valence electrons. The lowest BCUT2D eigenvalue weighted by Crippen LogP contribution is -2.51. The number of likely N-dealkylation sites (N-methyl/N-ethyl adjacent to an activating group) is 1. The van der Waals surface area contributed by atoms with E-state index >= 15 is 0 Å². The molecule has 22 heavy (non-hydrogen) atoms. The van der Waals surface area contributed by atoms with Crippen LogP contribution < -0.4 is 5.32 Å². The number of hydrogen-bond donors (Lipinski definition) is 1. The number of piperidine rings is 1. The van der Waals surface area contributed by atoms with Gasteiger partial charge in [-0.3, -0.25) is 9.59 Å². The summed E-state index contributed by atoms with van der Waals surface area (Å²) in [6, 6.07) is -0.419. The Labute approximate surface area is 129 Å². The summed E-state index contributed by atoms with van der Waals surface area (Å²) in [5.74, 6) is 6.61. The van der Waals surface area contributed by atoms with Gasteiger partial charge in [-0.05, 0) is 25.2 Å². The molecule has 0 bridgehead atoms. The van der Waals surface area contributed by atoms with Crippen molar-refractivity contribution in [1.82, 2.24) is 19.8 Å². The summed E-state index contributed by atoms with van der Waals surface area (Å²) in [5, 5.41) is 2.96. The molecule has 2 atom stereocenters. The lowest BCUT2D eigenvalue weighted by molar-refractivity contribution is -0.137. The second kappa shape index (κ2) is 5.84. The average molecular weight is 300 g/mol. The molecule has 3 rings (SSSR count). The molecule has 0 radical (unpaired) electrons. The summed E-state index contributed by atoms with van der Waals surface area (Å²) in [6.45, 7) is 0. The highest BCUT2D eigenvalue weighted by Crippen LogP contribution is 2.30. The van der Waals surface area contributed by atoms with E-state index in [0.717, 1.165) is 18.7 Å². The highest BCUT2D eigenvalue weighted by molar-refractivity contribution is 5.94. The van der Waals surface area contributed by atoms with Crippen LogP contribution in [0.15, 0.2) is 12.4 Å². The van der Waals surface area contributed by atoms with E-state index in [9.17, 15) is 9.59 Å². The molecule has 0 spiro atoms. The largest absolute Gasteiger partial charge is 0.340 e. The summed E-state index contributed by atoms with van der Waals surface area (Å²) in [4.78, 5) is 30.0. The van der Waals surface area contributed by atoms with E-state index in [-0.39, 0.29) is 23.9 Å². The van der Waals surface area contributed by atoms with Crippen molar-refractivity contribution in [2.45, 2.75) is 37.8 Å². The van der Waals surface area contributed by atoms with Gasteiger partial charge in [0, 0.05) is 38.8 Å². The first-order valence-electron chi connectivity index (χ1n) is 7.61. The van der Waals surface area contributed by atoms with Crippen molar-refractivity contribution in [2.24, 2.45) is 13.0 Å². The van der Waals surface area contributed by atoms with Crippen LogP contribution in [0.2, 0.25) is 0 Å². The minimum Gasteiger partial charge on any atom is -0.340 e. The van der Waals surface area contributed by atoms with Gasteiger partial charge in [0.2, 0.25) is 5.91 Å². The highest BCUT2D eigenvalue weighted by atomic mass is 16.2. The Morgan fingerprint density at radius 2 is 2.14 bits per heavy atom. The Morgan fingerprint density at radius 3 is 2.77 bits per heavy atom. The molecule has 0 unspecified atom stereocenters. The quantitative estimate of drug-likeness (QED) is 0.814. The van der Waals surface area contributed by atoms with Crippen LogP contribution in [0.1, 0.15) is 37.5 Å². The number of hydrogen-bond acceptors (Lipinski definition) is 3. The van der Waals surface area contributed by atoms with Gasteiger partial charge in [0.25, 0.3) is 5.91 Å². The summed E-state index contributed by atoms with van der Waals surface area (Å²) >= 11 is 0. The fourth-order valence-electron chi connectivity index (χ4n) is 2.80. The van der Waals surface area contributed by atoms with Gasteiger partial charge in [0.15, 0.2) is 0 Å². The van der Waals surface area contributed by atoms with Crippen LogP contribution in [0.5, 0.6) is 0 Å². The minimum absolute atomic E-state index is 0.0718. The predicted octanol–water partition coefficient (Wildman–Crippen LogP) is 0.612. The molecule has 0 aromatic carbocycles. The third kappa shape index (κ3) is 2.98. The van der Waals surface area contributed by atoms with E-state index in [1.165, 1.54) is 0 Å². The number of aromatic nitrogens is 2. The van der Waals surface area contributed by atoms with Gasteiger partial charge in [-0.1, -0.05) is 5.92 Å². The van der Waals surface area contributed by atoms with Crippen molar-refractivity contribution in [3.05, 3.63) is 18.2 Å². The van der Waals surface area contributed by atoms with Crippen LogP contribution >= 0.6 is 0 Å². The number of imidazole rings is 1. The SMILES string of the molecule is CN1C(=O)CC[C@@H](NC(=O)C#CC2CC2)[C@@H]1c1nccn1C. The van der Waals surface area contributed by atoms with E-state index < -0.39 is 0 Å². The maximum absolute atomic E-state index is 12.0. The van der Waals surface area contributed by atoms with Gasteiger partial charge in [-0.2, -0.15) is 0 Å². The maximum atomic E-state index is 12.0. The van der Waals surface area contributed by atoms with E-state index in [4.69, 9.17) is 0 Å². The fraction of sp³-hybridized carbons (Fsp3) is 0.562. The second-order valence-electron chi connectivity index (χ2n) is 6.01. The molecule has 2 fully saturated rings. The number of aryl methyl sites for hydroxylation is 1. The van der Waals surface area contributed by atoms with Crippen molar-refractivity contribution >= 4 is 11.8 Å². The Hall–Kier alpha value is -2.29. The summed E-state index contributed by atoms with van der Waals surface area (Å²) in [5.41, 5.74) is 0. The maximum Gasteiger partial charge on any atom is 0.296 e. The van der Waals surface area contributed by atoms with Crippen LogP contribution in [-0.4, -0.2) is 39.4 Å². The lowest BCUT2D eigenvalue weighted by atomic mass is 9.95.